The Bertz CT molecular complexity index is 930. The molecule has 0 aromatic heterocycles. The van der Waals surface area contributed by atoms with Gasteiger partial charge in [-0.1, -0.05) is 18.2 Å². The first-order valence-electron chi connectivity index (χ1n) is 10.00. The molecular formula is C23H26F3NO4. The predicted molar refractivity (Wildman–Crippen MR) is 110 cm³/mol. The monoisotopic (exact) mass is 437 g/mol. The van der Waals surface area contributed by atoms with E-state index >= 15 is 0 Å². The van der Waals surface area contributed by atoms with Crippen LogP contribution in [0.3, 0.4) is 0 Å². The average Bonchev–Trinajstić information content (AvgIpc) is 2.77. The number of hydrogen-bond acceptors (Lipinski definition) is 5. The number of ketones is 1. The molecule has 1 saturated heterocycles. The molecule has 3 rings (SSSR count). The van der Waals surface area contributed by atoms with E-state index in [0.29, 0.717) is 36.8 Å². The fraction of sp³-hybridized carbons (Fsp3) is 0.435. The van der Waals surface area contributed by atoms with Crippen molar-refractivity contribution < 1.29 is 32.2 Å². The summed E-state index contributed by atoms with van der Waals surface area (Å²) in [5, 5.41) is 0. The SMILES string of the molecule is COc1ccc(CN2CCC[C@H](C(=O)c3cccc(C(F)(F)F)c3)C2)c(OC)c1OC. The number of piperidine rings is 1. The van der Waals surface area contributed by atoms with E-state index in [-0.39, 0.29) is 17.3 Å². The summed E-state index contributed by atoms with van der Waals surface area (Å²) >= 11 is 0. The lowest BCUT2D eigenvalue weighted by Gasteiger charge is -2.32. The second-order valence-electron chi connectivity index (χ2n) is 7.51. The minimum Gasteiger partial charge on any atom is -0.493 e. The van der Waals surface area contributed by atoms with Crippen LogP contribution >= 0.6 is 0 Å². The van der Waals surface area contributed by atoms with E-state index in [4.69, 9.17) is 14.2 Å². The molecule has 0 bridgehead atoms. The molecule has 0 N–H and O–H groups in total. The number of halogens is 3. The van der Waals surface area contributed by atoms with Gasteiger partial charge in [-0.2, -0.15) is 13.2 Å². The number of hydrogen-bond donors (Lipinski definition) is 0. The van der Waals surface area contributed by atoms with Crippen molar-refractivity contribution >= 4 is 5.78 Å². The molecule has 2 aromatic carbocycles. The number of carbonyl (C=O) groups excluding carboxylic acids is 1. The normalized spacial score (nSPS) is 17.3. The number of likely N-dealkylation sites (tertiary alicyclic amines) is 1. The minimum atomic E-state index is -4.47. The smallest absolute Gasteiger partial charge is 0.416 e. The number of carbonyl (C=O) groups is 1. The highest BCUT2D eigenvalue weighted by atomic mass is 19.4. The standard InChI is InChI=1S/C23H26F3NO4/c1-29-19-10-9-17(21(30-2)22(19)31-3)14-27-11-5-7-16(13-27)20(28)15-6-4-8-18(12-15)23(24,25)26/h4,6,8-10,12,16H,5,7,11,13-14H2,1-3H3/t16-/m0/s1. The zero-order chi connectivity index (χ0) is 22.6. The molecule has 1 aliphatic heterocycles. The molecule has 0 aliphatic carbocycles. The van der Waals surface area contributed by atoms with Crippen LogP contribution in [0.4, 0.5) is 13.2 Å². The lowest BCUT2D eigenvalue weighted by molar-refractivity contribution is -0.137. The summed E-state index contributed by atoms with van der Waals surface area (Å²) in [5.41, 5.74) is 0.179. The maximum Gasteiger partial charge on any atom is 0.416 e. The van der Waals surface area contributed by atoms with Crippen molar-refractivity contribution in [2.75, 3.05) is 34.4 Å². The highest BCUT2D eigenvalue weighted by molar-refractivity contribution is 5.98. The summed E-state index contributed by atoms with van der Waals surface area (Å²) < 4.78 is 55.3. The summed E-state index contributed by atoms with van der Waals surface area (Å²) in [7, 11) is 4.64. The summed E-state index contributed by atoms with van der Waals surface area (Å²) in [5.74, 6) is 1.00. The molecule has 8 heteroatoms. The number of ether oxygens (including phenoxy) is 3. The lowest BCUT2D eigenvalue weighted by atomic mass is 9.89. The second-order valence-corrected chi connectivity index (χ2v) is 7.51. The van der Waals surface area contributed by atoms with Crippen molar-refractivity contribution in [1.29, 1.82) is 0 Å². The molecule has 0 saturated carbocycles. The summed E-state index contributed by atoms with van der Waals surface area (Å²) in [6.45, 7) is 1.77. The molecule has 0 radical (unpaired) electrons. The molecule has 1 aliphatic rings. The Balaban J connectivity index is 1.77. The largest absolute Gasteiger partial charge is 0.493 e. The van der Waals surface area contributed by atoms with Crippen LogP contribution in [0.2, 0.25) is 0 Å². The van der Waals surface area contributed by atoms with Gasteiger partial charge in [0.2, 0.25) is 5.75 Å². The number of nitrogens with zero attached hydrogens (tertiary/aromatic N) is 1. The molecule has 31 heavy (non-hydrogen) atoms. The van der Waals surface area contributed by atoms with Crippen molar-refractivity contribution in [2.24, 2.45) is 5.92 Å². The van der Waals surface area contributed by atoms with Crippen molar-refractivity contribution in [1.82, 2.24) is 4.90 Å². The van der Waals surface area contributed by atoms with Crippen molar-refractivity contribution in [3.05, 3.63) is 53.1 Å². The molecular weight excluding hydrogens is 411 g/mol. The van der Waals surface area contributed by atoms with Crippen LogP contribution in [0, 0.1) is 5.92 Å². The zero-order valence-corrected chi connectivity index (χ0v) is 17.8. The first-order valence-corrected chi connectivity index (χ1v) is 10.00. The molecule has 0 spiro atoms. The minimum absolute atomic E-state index is 0.102. The van der Waals surface area contributed by atoms with Crippen molar-refractivity contribution in [3.8, 4) is 17.2 Å². The van der Waals surface area contributed by atoms with Crippen molar-refractivity contribution in [3.63, 3.8) is 0 Å². The van der Waals surface area contributed by atoms with E-state index < -0.39 is 11.7 Å². The van der Waals surface area contributed by atoms with E-state index in [9.17, 15) is 18.0 Å². The van der Waals surface area contributed by atoms with Gasteiger partial charge in [-0.05, 0) is 37.6 Å². The summed E-state index contributed by atoms with van der Waals surface area (Å²) in [6, 6.07) is 8.34. The van der Waals surface area contributed by atoms with Gasteiger partial charge >= 0.3 is 6.18 Å². The Hall–Kier alpha value is -2.74. The van der Waals surface area contributed by atoms with Crippen LogP contribution in [0.5, 0.6) is 17.2 Å². The van der Waals surface area contributed by atoms with Gasteiger partial charge in [0.25, 0.3) is 0 Å². The third-order valence-corrected chi connectivity index (χ3v) is 5.53. The predicted octanol–water partition coefficient (Wildman–Crippen LogP) is 4.83. The zero-order valence-electron chi connectivity index (χ0n) is 17.8. The Kier molecular flexibility index (Phi) is 7.10. The van der Waals surface area contributed by atoms with Gasteiger partial charge in [0.05, 0.1) is 26.9 Å². The van der Waals surface area contributed by atoms with Gasteiger partial charge in [0.15, 0.2) is 17.3 Å². The third-order valence-electron chi connectivity index (χ3n) is 5.53. The molecule has 1 fully saturated rings. The van der Waals surface area contributed by atoms with Gasteiger partial charge in [-0.15, -0.1) is 0 Å². The van der Waals surface area contributed by atoms with E-state index in [2.05, 4.69) is 4.90 Å². The molecule has 1 heterocycles. The number of benzene rings is 2. The van der Waals surface area contributed by atoms with E-state index in [1.165, 1.54) is 19.2 Å². The van der Waals surface area contributed by atoms with Gasteiger partial charge in [0.1, 0.15) is 0 Å². The van der Waals surface area contributed by atoms with Crippen LogP contribution in [0.25, 0.3) is 0 Å². The number of methoxy groups -OCH3 is 3. The first-order chi connectivity index (χ1) is 14.8. The Morgan fingerprint density at radius 3 is 2.45 bits per heavy atom. The van der Waals surface area contributed by atoms with Crippen molar-refractivity contribution in [2.45, 2.75) is 25.6 Å². The quantitative estimate of drug-likeness (QED) is 0.581. The van der Waals surface area contributed by atoms with Crippen LogP contribution in [0.1, 0.15) is 34.3 Å². The molecule has 0 unspecified atom stereocenters. The maximum atomic E-state index is 13.0. The third kappa shape index (κ3) is 5.12. The van der Waals surface area contributed by atoms with E-state index in [1.54, 1.807) is 20.3 Å². The molecule has 168 valence electrons. The fourth-order valence-corrected chi connectivity index (χ4v) is 4.03. The topological polar surface area (TPSA) is 48.0 Å². The van der Waals surface area contributed by atoms with E-state index in [1.807, 2.05) is 6.07 Å². The molecule has 2 aromatic rings. The summed E-state index contributed by atoms with van der Waals surface area (Å²) in [4.78, 5) is 15.0. The molecule has 0 amide bonds. The Morgan fingerprint density at radius 1 is 1.06 bits per heavy atom. The van der Waals surface area contributed by atoms with Gasteiger partial charge in [0, 0.05) is 30.1 Å². The maximum absolute atomic E-state index is 13.0. The van der Waals surface area contributed by atoms with Crippen LogP contribution in [-0.4, -0.2) is 45.1 Å². The molecule has 5 nitrogen and oxygen atoms in total. The number of rotatable bonds is 7. The fourth-order valence-electron chi connectivity index (χ4n) is 4.03. The van der Waals surface area contributed by atoms with Crippen LogP contribution in [0.15, 0.2) is 36.4 Å². The van der Waals surface area contributed by atoms with Gasteiger partial charge in [-0.25, -0.2) is 0 Å². The number of alkyl halides is 3. The van der Waals surface area contributed by atoms with Gasteiger partial charge in [-0.3, -0.25) is 9.69 Å². The van der Waals surface area contributed by atoms with Crippen LogP contribution in [-0.2, 0) is 12.7 Å². The van der Waals surface area contributed by atoms with E-state index in [0.717, 1.165) is 30.7 Å². The highest BCUT2D eigenvalue weighted by Crippen LogP contribution is 2.40. The van der Waals surface area contributed by atoms with Crippen LogP contribution < -0.4 is 14.2 Å². The molecule has 1 atom stereocenters. The Morgan fingerprint density at radius 2 is 1.81 bits per heavy atom. The summed E-state index contributed by atoms with van der Waals surface area (Å²) in [6.07, 6.45) is -3.04. The second kappa shape index (κ2) is 9.60. The first kappa shape index (κ1) is 22.9. The lowest BCUT2D eigenvalue weighted by Crippen LogP contribution is -2.38. The number of Topliss-reactive ketones (excluding diaryl/α,β-unsaturated/α-hetero) is 1. The Labute approximate surface area is 179 Å². The average molecular weight is 437 g/mol. The van der Waals surface area contributed by atoms with Gasteiger partial charge < -0.3 is 14.2 Å². The highest BCUT2D eigenvalue weighted by Gasteiger charge is 2.32.